The fourth-order valence-corrected chi connectivity index (χ4v) is 3.20. The number of methoxy groups -OCH3 is 1. The van der Waals surface area contributed by atoms with Crippen molar-refractivity contribution in [3.63, 3.8) is 0 Å². The molecular weight excluding hydrogens is 347 g/mol. The molecule has 0 radical (unpaired) electrons. The molecule has 0 spiro atoms. The molecule has 0 aliphatic heterocycles. The fourth-order valence-electron chi connectivity index (χ4n) is 2.53. The van der Waals surface area contributed by atoms with Crippen LogP contribution in [0.15, 0.2) is 30.3 Å². The average Bonchev–Trinajstić information content (AvgIpc) is 2.56. The first-order chi connectivity index (χ1) is 11.5. The predicted octanol–water partition coefficient (Wildman–Crippen LogP) is 5.18. The van der Waals surface area contributed by atoms with Gasteiger partial charge in [0, 0.05) is 23.6 Å². The Hall–Kier alpha value is -1.26. The van der Waals surface area contributed by atoms with E-state index < -0.39 is 0 Å². The van der Waals surface area contributed by atoms with Crippen LogP contribution in [0.3, 0.4) is 0 Å². The van der Waals surface area contributed by atoms with Crippen LogP contribution in [0, 0.1) is 0 Å². The van der Waals surface area contributed by atoms with Gasteiger partial charge in [0.1, 0.15) is 5.75 Å². The van der Waals surface area contributed by atoms with E-state index in [4.69, 9.17) is 32.7 Å². The molecule has 2 rings (SSSR count). The van der Waals surface area contributed by atoms with E-state index >= 15 is 0 Å². The van der Waals surface area contributed by atoms with Gasteiger partial charge in [0.25, 0.3) is 0 Å². The molecule has 0 amide bonds. The van der Waals surface area contributed by atoms with Crippen LogP contribution >= 0.6 is 23.2 Å². The second-order valence-electron chi connectivity index (χ2n) is 5.95. The van der Waals surface area contributed by atoms with Crippen LogP contribution < -0.4 is 4.74 Å². The third-order valence-corrected chi connectivity index (χ3v) is 4.47. The first-order valence-corrected chi connectivity index (χ1v) is 8.54. The number of aliphatic hydroxyl groups is 1. The van der Waals surface area contributed by atoms with Crippen LogP contribution in [0.4, 0.5) is 0 Å². The van der Waals surface area contributed by atoms with E-state index in [9.17, 15) is 5.11 Å². The highest BCUT2D eigenvalue weighted by Gasteiger charge is 2.13. The molecule has 0 bridgehead atoms. The van der Waals surface area contributed by atoms with Crippen LogP contribution in [0.1, 0.15) is 42.0 Å². The summed E-state index contributed by atoms with van der Waals surface area (Å²) >= 11 is 12.7. The van der Waals surface area contributed by atoms with Crippen molar-refractivity contribution in [1.82, 2.24) is 0 Å². The summed E-state index contributed by atoms with van der Waals surface area (Å²) in [5, 5.41) is 10.4. The molecule has 0 aromatic heterocycles. The van der Waals surface area contributed by atoms with Gasteiger partial charge in [-0.3, -0.25) is 0 Å². The zero-order valence-electron chi connectivity index (χ0n) is 14.1. The van der Waals surface area contributed by atoms with Crippen LogP contribution in [0.5, 0.6) is 5.75 Å². The largest absolute Gasteiger partial charge is 0.467 e. The Morgan fingerprint density at radius 1 is 1.04 bits per heavy atom. The van der Waals surface area contributed by atoms with Crippen LogP contribution in [-0.4, -0.2) is 19.0 Å². The average molecular weight is 369 g/mol. The highest BCUT2D eigenvalue weighted by molar-refractivity contribution is 6.36. The van der Waals surface area contributed by atoms with Gasteiger partial charge in [0.2, 0.25) is 0 Å². The molecule has 5 heteroatoms. The topological polar surface area (TPSA) is 38.7 Å². The summed E-state index contributed by atoms with van der Waals surface area (Å²) in [5.41, 5.74) is 3.78. The van der Waals surface area contributed by atoms with Crippen molar-refractivity contribution in [2.24, 2.45) is 0 Å². The Balaban J connectivity index is 2.32. The molecule has 130 valence electrons. The van der Waals surface area contributed by atoms with Gasteiger partial charge >= 0.3 is 0 Å². The Bertz CT molecular complexity index is 676. The Morgan fingerprint density at radius 3 is 2.25 bits per heavy atom. The third-order valence-electron chi connectivity index (χ3n) is 3.79. The normalized spacial score (nSPS) is 11.1. The lowest BCUT2D eigenvalue weighted by Gasteiger charge is -2.16. The van der Waals surface area contributed by atoms with Crippen molar-refractivity contribution >= 4 is 23.2 Å². The van der Waals surface area contributed by atoms with E-state index in [0.29, 0.717) is 27.9 Å². The fraction of sp³-hybridized carbons (Fsp3) is 0.368. The molecule has 0 saturated carbocycles. The Labute approximate surface area is 153 Å². The van der Waals surface area contributed by atoms with E-state index in [1.54, 1.807) is 19.2 Å². The third kappa shape index (κ3) is 4.64. The molecule has 1 N–H and O–H groups in total. The zero-order chi connectivity index (χ0) is 17.7. The minimum Gasteiger partial charge on any atom is -0.467 e. The summed E-state index contributed by atoms with van der Waals surface area (Å²) < 4.78 is 10.6. The number of aliphatic hydroxyl groups excluding tert-OH is 1. The number of halogens is 2. The number of hydrogen-bond acceptors (Lipinski definition) is 3. The SMILES string of the molecule is COCOc1ccc(Cc2c(Cl)cc(CO)cc2Cl)cc1C(C)C. The number of benzene rings is 2. The van der Waals surface area contributed by atoms with E-state index in [2.05, 4.69) is 19.9 Å². The highest BCUT2D eigenvalue weighted by Crippen LogP contribution is 2.32. The van der Waals surface area contributed by atoms with Gasteiger partial charge in [-0.2, -0.15) is 0 Å². The Morgan fingerprint density at radius 2 is 1.71 bits per heavy atom. The van der Waals surface area contributed by atoms with Crippen LogP contribution in [0.25, 0.3) is 0 Å². The molecule has 0 heterocycles. The molecular formula is C19H22Cl2O3. The standard InChI is InChI=1S/C19H22Cl2O3/c1-12(2)15-6-13(4-5-19(15)24-11-23-3)7-16-17(20)8-14(10-22)9-18(16)21/h4-6,8-9,12,22H,7,10-11H2,1-3H3. The monoisotopic (exact) mass is 368 g/mol. The summed E-state index contributed by atoms with van der Waals surface area (Å²) in [6, 6.07) is 9.57. The number of hydrogen-bond donors (Lipinski definition) is 1. The van der Waals surface area contributed by atoms with Gasteiger partial charge < -0.3 is 14.6 Å². The second kappa shape index (κ2) is 8.72. The van der Waals surface area contributed by atoms with Gasteiger partial charge in [0.05, 0.1) is 6.61 Å². The smallest absolute Gasteiger partial charge is 0.188 e. The van der Waals surface area contributed by atoms with Gasteiger partial charge in [-0.05, 0) is 46.4 Å². The molecule has 2 aromatic rings. The first-order valence-electron chi connectivity index (χ1n) is 7.78. The summed E-state index contributed by atoms with van der Waals surface area (Å²) in [6.07, 6.45) is 0.619. The minimum absolute atomic E-state index is 0.0806. The summed E-state index contributed by atoms with van der Waals surface area (Å²) in [5.74, 6) is 1.14. The summed E-state index contributed by atoms with van der Waals surface area (Å²) in [7, 11) is 1.60. The predicted molar refractivity (Wildman–Crippen MR) is 98.2 cm³/mol. The molecule has 0 atom stereocenters. The van der Waals surface area contributed by atoms with Crippen molar-refractivity contribution in [2.45, 2.75) is 32.8 Å². The highest BCUT2D eigenvalue weighted by atomic mass is 35.5. The maximum Gasteiger partial charge on any atom is 0.188 e. The van der Waals surface area contributed by atoms with Crippen molar-refractivity contribution in [3.8, 4) is 5.75 Å². The van der Waals surface area contributed by atoms with E-state index in [1.165, 1.54) is 0 Å². The lowest BCUT2D eigenvalue weighted by Crippen LogP contribution is -2.04. The molecule has 0 unspecified atom stereocenters. The molecule has 0 aliphatic rings. The van der Waals surface area contributed by atoms with Crippen LogP contribution in [-0.2, 0) is 17.8 Å². The molecule has 2 aromatic carbocycles. The van der Waals surface area contributed by atoms with Gasteiger partial charge in [0.15, 0.2) is 6.79 Å². The van der Waals surface area contributed by atoms with Gasteiger partial charge in [-0.1, -0.05) is 49.2 Å². The quantitative estimate of drug-likeness (QED) is 0.684. The molecule has 0 saturated heterocycles. The zero-order valence-corrected chi connectivity index (χ0v) is 15.6. The van der Waals surface area contributed by atoms with E-state index in [0.717, 1.165) is 22.4 Å². The van der Waals surface area contributed by atoms with Crippen molar-refractivity contribution < 1.29 is 14.6 Å². The minimum atomic E-state index is -0.0806. The van der Waals surface area contributed by atoms with Crippen molar-refractivity contribution in [1.29, 1.82) is 0 Å². The summed E-state index contributed by atoms with van der Waals surface area (Å²) in [6.45, 7) is 4.38. The molecule has 3 nitrogen and oxygen atoms in total. The van der Waals surface area contributed by atoms with Gasteiger partial charge in [-0.15, -0.1) is 0 Å². The lowest BCUT2D eigenvalue weighted by atomic mass is 9.96. The van der Waals surface area contributed by atoms with E-state index in [-0.39, 0.29) is 13.4 Å². The maximum absolute atomic E-state index is 9.22. The molecule has 0 aliphatic carbocycles. The van der Waals surface area contributed by atoms with Crippen LogP contribution in [0.2, 0.25) is 10.0 Å². The number of rotatable bonds is 7. The van der Waals surface area contributed by atoms with Gasteiger partial charge in [-0.25, -0.2) is 0 Å². The first kappa shape index (κ1) is 19.1. The van der Waals surface area contributed by atoms with E-state index in [1.807, 2.05) is 12.1 Å². The van der Waals surface area contributed by atoms with Crippen molar-refractivity contribution in [2.75, 3.05) is 13.9 Å². The van der Waals surface area contributed by atoms with Crippen molar-refractivity contribution in [3.05, 3.63) is 62.6 Å². The lowest BCUT2D eigenvalue weighted by molar-refractivity contribution is 0.0502. The maximum atomic E-state index is 9.22. The molecule has 0 fully saturated rings. The molecule has 24 heavy (non-hydrogen) atoms. The number of ether oxygens (including phenoxy) is 2. The Kier molecular flexibility index (Phi) is 6.93. The second-order valence-corrected chi connectivity index (χ2v) is 6.77. The summed E-state index contributed by atoms with van der Waals surface area (Å²) in [4.78, 5) is 0.